The number of halogens is 1. The zero-order valence-corrected chi connectivity index (χ0v) is 14.7. The molecule has 7 nitrogen and oxygen atoms in total. The Balaban J connectivity index is 2.00. The summed E-state index contributed by atoms with van der Waals surface area (Å²) in [5.74, 6) is 0.0167. The van der Waals surface area contributed by atoms with E-state index >= 15 is 0 Å². The first-order chi connectivity index (χ1) is 11.9. The molecular formula is C17H19ClN3O4+. The first kappa shape index (κ1) is 18.7. The third-order valence-corrected chi connectivity index (χ3v) is 3.95. The van der Waals surface area contributed by atoms with E-state index in [2.05, 4.69) is 5.32 Å². The number of nitrogens with zero attached hydrogens (tertiary/aromatic N) is 1. The van der Waals surface area contributed by atoms with Crippen molar-refractivity contribution in [2.24, 2.45) is 0 Å². The molecule has 1 atom stereocenters. The van der Waals surface area contributed by atoms with Crippen molar-refractivity contribution in [1.82, 2.24) is 0 Å². The maximum Gasteiger partial charge on any atom is 0.279 e. The molecule has 2 aromatic rings. The number of ether oxygens (including phenoxy) is 1. The Labute approximate surface area is 150 Å². The number of methoxy groups -OCH3 is 1. The number of hydrogen-bond donors (Lipinski definition) is 2. The number of anilines is 1. The van der Waals surface area contributed by atoms with Crippen molar-refractivity contribution >= 4 is 28.9 Å². The minimum atomic E-state index is -0.518. The number of nitro groups is 1. The monoisotopic (exact) mass is 364 g/mol. The van der Waals surface area contributed by atoms with Crippen molar-refractivity contribution in [3.8, 4) is 5.75 Å². The fourth-order valence-electron chi connectivity index (χ4n) is 2.39. The molecule has 25 heavy (non-hydrogen) atoms. The van der Waals surface area contributed by atoms with E-state index in [1.807, 2.05) is 31.3 Å². The van der Waals surface area contributed by atoms with E-state index in [4.69, 9.17) is 16.3 Å². The van der Waals surface area contributed by atoms with Gasteiger partial charge in [-0.15, -0.1) is 0 Å². The number of amides is 1. The summed E-state index contributed by atoms with van der Waals surface area (Å²) in [6.45, 7) is 0.815. The molecule has 0 bridgehead atoms. The van der Waals surface area contributed by atoms with E-state index in [9.17, 15) is 14.9 Å². The summed E-state index contributed by atoms with van der Waals surface area (Å²) in [6.07, 6.45) is 0. The van der Waals surface area contributed by atoms with Crippen molar-refractivity contribution < 1.29 is 19.4 Å². The predicted octanol–water partition coefficient (Wildman–Crippen LogP) is 1.91. The van der Waals surface area contributed by atoms with E-state index < -0.39 is 4.92 Å². The quantitative estimate of drug-likeness (QED) is 0.580. The zero-order valence-electron chi connectivity index (χ0n) is 13.9. The Hall–Kier alpha value is -2.64. The molecule has 8 heteroatoms. The largest absolute Gasteiger partial charge is 0.494 e. The Bertz CT molecular complexity index is 782. The summed E-state index contributed by atoms with van der Waals surface area (Å²) in [5.41, 5.74) is 1.25. The Morgan fingerprint density at radius 2 is 2.04 bits per heavy atom. The highest BCUT2D eigenvalue weighted by Gasteiger charge is 2.16. The van der Waals surface area contributed by atoms with Crippen LogP contribution in [0.3, 0.4) is 0 Å². The Kier molecular flexibility index (Phi) is 6.32. The van der Waals surface area contributed by atoms with Crippen molar-refractivity contribution in [2.75, 3.05) is 26.0 Å². The second kappa shape index (κ2) is 8.46. The second-order valence-corrected chi connectivity index (χ2v) is 6.00. The van der Waals surface area contributed by atoms with E-state index in [-0.39, 0.29) is 23.9 Å². The van der Waals surface area contributed by atoms with Crippen molar-refractivity contribution in [3.63, 3.8) is 0 Å². The standard InChI is InChI=1S/C17H18ClN3O4/c1-20(10-12-5-3-4-6-14(12)18)11-17(22)19-15-8-7-13(21(23)24)9-16(15)25-2/h3-9H,10-11H2,1-2H3,(H,19,22)/p+1. The number of likely N-dealkylation sites (N-methyl/N-ethyl adjacent to an activating group) is 1. The summed E-state index contributed by atoms with van der Waals surface area (Å²) in [6, 6.07) is 11.5. The molecule has 2 aromatic carbocycles. The summed E-state index contributed by atoms with van der Waals surface area (Å²) in [5, 5.41) is 14.2. The van der Waals surface area contributed by atoms with Crippen LogP contribution in [0.25, 0.3) is 0 Å². The average molecular weight is 365 g/mol. The SMILES string of the molecule is COc1cc([N+](=O)[O-])ccc1NC(=O)C[NH+](C)Cc1ccccc1Cl. The van der Waals surface area contributed by atoms with Crippen LogP contribution in [0.1, 0.15) is 5.56 Å². The maximum absolute atomic E-state index is 12.2. The van der Waals surface area contributed by atoms with Crippen LogP contribution in [-0.2, 0) is 11.3 Å². The lowest BCUT2D eigenvalue weighted by molar-refractivity contribution is -0.885. The van der Waals surface area contributed by atoms with Crippen LogP contribution < -0.4 is 15.0 Å². The van der Waals surface area contributed by atoms with Gasteiger partial charge in [-0.2, -0.15) is 0 Å². The summed E-state index contributed by atoms with van der Waals surface area (Å²) < 4.78 is 5.11. The van der Waals surface area contributed by atoms with Gasteiger partial charge in [-0.25, -0.2) is 0 Å². The van der Waals surface area contributed by atoms with Gasteiger partial charge in [0.05, 0.1) is 30.8 Å². The number of carbonyl (C=O) groups is 1. The third kappa shape index (κ3) is 5.17. The number of quaternary nitrogens is 1. The first-order valence-electron chi connectivity index (χ1n) is 7.57. The van der Waals surface area contributed by atoms with Gasteiger partial charge in [-0.1, -0.05) is 29.8 Å². The second-order valence-electron chi connectivity index (χ2n) is 5.59. The van der Waals surface area contributed by atoms with Gasteiger partial charge >= 0.3 is 0 Å². The number of carbonyl (C=O) groups excluding carboxylic acids is 1. The molecule has 0 radical (unpaired) electrons. The van der Waals surface area contributed by atoms with Gasteiger partial charge in [0.25, 0.3) is 11.6 Å². The van der Waals surface area contributed by atoms with Crippen molar-refractivity contribution in [2.45, 2.75) is 6.54 Å². The molecule has 0 aliphatic carbocycles. The topological polar surface area (TPSA) is 85.9 Å². The van der Waals surface area contributed by atoms with Crippen molar-refractivity contribution in [1.29, 1.82) is 0 Å². The van der Waals surface area contributed by atoms with Gasteiger partial charge in [0.2, 0.25) is 0 Å². The highest BCUT2D eigenvalue weighted by atomic mass is 35.5. The molecule has 0 aliphatic rings. The maximum atomic E-state index is 12.2. The molecule has 1 amide bonds. The van der Waals surface area contributed by atoms with Crippen LogP contribution in [0.5, 0.6) is 5.75 Å². The molecule has 1 unspecified atom stereocenters. The summed E-state index contributed by atoms with van der Waals surface area (Å²) in [4.78, 5) is 23.5. The van der Waals surface area contributed by atoms with Crippen molar-refractivity contribution in [3.05, 3.63) is 63.2 Å². The molecule has 0 saturated heterocycles. The summed E-state index contributed by atoms with van der Waals surface area (Å²) >= 11 is 6.13. The van der Waals surface area contributed by atoms with Gasteiger partial charge in [-0.05, 0) is 12.1 Å². The van der Waals surface area contributed by atoms with Crippen LogP contribution in [0, 0.1) is 10.1 Å². The smallest absolute Gasteiger partial charge is 0.279 e. The zero-order chi connectivity index (χ0) is 18.4. The first-order valence-corrected chi connectivity index (χ1v) is 7.95. The van der Waals surface area contributed by atoms with Gasteiger partial charge < -0.3 is 15.0 Å². The number of nitrogens with one attached hydrogen (secondary N) is 2. The molecule has 0 aromatic heterocycles. The average Bonchev–Trinajstić information content (AvgIpc) is 2.56. The highest BCUT2D eigenvalue weighted by Crippen LogP contribution is 2.28. The molecule has 132 valence electrons. The molecule has 0 fully saturated rings. The van der Waals surface area contributed by atoms with Gasteiger partial charge in [-0.3, -0.25) is 14.9 Å². The number of nitro benzene ring substituents is 1. The number of rotatable bonds is 7. The van der Waals surface area contributed by atoms with Crippen LogP contribution >= 0.6 is 11.6 Å². The fourth-order valence-corrected chi connectivity index (χ4v) is 2.60. The normalized spacial score (nSPS) is 11.6. The third-order valence-electron chi connectivity index (χ3n) is 3.58. The van der Waals surface area contributed by atoms with E-state index in [1.165, 1.54) is 25.3 Å². The lowest BCUT2D eigenvalue weighted by Crippen LogP contribution is -3.08. The molecular weight excluding hydrogens is 346 g/mol. The Morgan fingerprint density at radius 3 is 2.68 bits per heavy atom. The Morgan fingerprint density at radius 1 is 1.32 bits per heavy atom. The van der Waals surface area contributed by atoms with Gasteiger partial charge in [0.1, 0.15) is 12.3 Å². The summed E-state index contributed by atoms with van der Waals surface area (Å²) in [7, 11) is 3.28. The lowest BCUT2D eigenvalue weighted by Gasteiger charge is -2.15. The van der Waals surface area contributed by atoms with Crippen LogP contribution in [0.2, 0.25) is 5.02 Å². The minimum Gasteiger partial charge on any atom is -0.494 e. The number of hydrogen-bond acceptors (Lipinski definition) is 4. The number of benzene rings is 2. The van der Waals surface area contributed by atoms with Crippen LogP contribution in [-0.4, -0.2) is 31.5 Å². The molecule has 2 N–H and O–H groups in total. The van der Waals surface area contributed by atoms with Gasteiger partial charge in [0.15, 0.2) is 6.54 Å². The van der Waals surface area contributed by atoms with E-state index in [0.717, 1.165) is 10.5 Å². The van der Waals surface area contributed by atoms with E-state index in [0.29, 0.717) is 17.3 Å². The molecule has 0 spiro atoms. The number of non-ortho nitro benzene ring substituents is 1. The van der Waals surface area contributed by atoms with Crippen LogP contribution in [0.4, 0.5) is 11.4 Å². The molecule has 0 saturated carbocycles. The van der Waals surface area contributed by atoms with Gasteiger partial charge in [0, 0.05) is 16.7 Å². The highest BCUT2D eigenvalue weighted by molar-refractivity contribution is 6.31. The minimum absolute atomic E-state index is 0.101. The van der Waals surface area contributed by atoms with Crippen LogP contribution in [0.15, 0.2) is 42.5 Å². The molecule has 0 aliphatic heterocycles. The molecule has 2 rings (SSSR count). The van der Waals surface area contributed by atoms with E-state index in [1.54, 1.807) is 0 Å². The molecule has 0 heterocycles. The fraction of sp³-hybridized carbons (Fsp3) is 0.235. The predicted molar refractivity (Wildman–Crippen MR) is 95.2 cm³/mol. The lowest BCUT2D eigenvalue weighted by atomic mass is 10.2.